The highest BCUT2D eigenvalue weighted by molar-refractivity contribution is 9.10. The van der Waals surface area contributed by atoms with Crippen LogP contribution in [0.4, 0.5) is 0 Å². The molecule has 1 aromatic rings. The molecule has 1 aromatic carbocycles. The van der Waals surface area contributed by atoms with Crippen LogP contribution in [0.1, 0.15) is 25.7 Å². The summed E-state index contributed by atoms with van der Waals surface area (Å²) in [4.78, 5) is 0.301. The SMILES string of the molecule is O=S(=O)(NC1CCCCC1CCl)c1ccc(Br)cc1. The number of halogens is 2. The highest BCUT2D eigenvalue weighted by atomic mass is 79.9. The highest BCUT2D eigenvalue weighted by Crippen LogP contribution is 2.27. The molecule has 2 unspecified atom stereocenters. The fraction of sp³-hybridized carbons (Fsp3) is 0.538. The summed E-state index contributed by atoms with van der Waals surface area (Å²) in [6.45, 7) is 0. The fourth-order valence-electron chi connectivity index (χ4n) is 2.43. The molecule has 1 saturated carbocycles. The zero-order valence-corrected chi connectivity index (χ0v) is 13.6. The Kier molecular flexibility index (Phi) is 5.29. The lowest BCUT2D eigenvalue weighted by Gasteiger charge is -2.30. The molecule has 0 radical (unpaired) electrons. The molecular formula is C13H17BrClNO2S. The van der Waals surface area contributed by atoms with E-state index >= 15 is 0 Å². The van der Waals surface area contributed by atoms with Gasteiger partial charge in [0, 0.05) is 16.4 Å². The van der Waals surface area contributed by atoms with Crippen molar-refractivity contribution in [2.24, 2.45) is 5.92 Å². The summed E-state index contributed by atoms with van der Waals surface area (Å²) in [5.41, 5.74) is 0. The second-order valence-electron chi connectivity index (χ2n) is 4.88. The third-order valence-electron chi connectivity index (χ3n) is 3.54. The number of hydrogen-bond acceptors (Lipinski definition) is 2. The van der Waals surface area contributed by atoms with Gasteiger partial charge < -0.3 is 0 Å². The first kappa shape index (κ1) is 15.3. The Labute approximate surface area is 127 Å². The largest absolute Gasteiger partial charge is 0.240 e. The molecule has 6 heteroatoms. The van der Waals surface area contributed by atoms with Crippen LogP contribution >= 0.6 is 27.5 Å². The van der Waals surface area contributed by atoms with Crippen molar-refractivity contribution in [1.29, 1.82) is 0 Å². The number of nitrogens with one attached hydrogen (secondary N) is 1. The smallest absolute Gasteiger partial charge is 0.208 e. The van der Waals surface area contributed by atoms with E-state index in [1.54, 1.807) is 24.3 Å². The van der Waals surface area contributed by atoms with Crippen molar-refractivity contribution in [2.45, 2.75) is 36.6 Å². The van der Waals surface area contributed by atoms with Crippen LogP contribution in [0.5, 0.6) is 0 Å². The van der Waals surface area contributed by atoms with Crippen LogP contribution in [0.3, 0.4) is 0 Å². The summed E-state index contributed by atoms with van der Waals surface area (Å²) in [5.74, 6) is 0.744. The van der Waals surface area contributed by atoms with Gasteiger partial charge in [0.15, 0.2) is 0 Å². The van der Waals surface area contributed by atoms with E-state index < -0.39 is 10.0 Å². The average molecular weight is 367 g/mol. The van der Waals surface area contributed by atoms with E-state index in [-0.39, 0.29) is 12.0 Å². The van der Waals surface area contributed by atoms with Gasteiger partial charge >= 0.3 is 0 Å². The lowest BCUT2D eigenvalue weighted by molar-refractivity contribution is 0.314. The molecular weight excluding hydrogens is 350 g/mol. The molecule has 0 spiro atoms. The van der Waals surface area contributed by atoms with Gasteiger partial charge in [-0.25, -0.2) is 13.1 Å². The van der Waals surface area contributed by atoms with Gasteiger partial charge in [-0.2, -0.15) is 0 Å². The minimum absolute atomic E-state index is 0.0418. The normalized spacial score (nSPS) is 24.3. The van der Waals surface area contributed by atoms with Gasteiger partial charge in [0.1, 0.15) is 0 Å². The Bertz CT molecular complexity index is 518. The quantitative estimate of drug-likeness (QED) is 0.829. The van der Waals surface area contributed by atoms with E-state index in [2.05, 4.69) is 20.7 Å². The topological polar surface area (TPSA) is 46.2 Å². The van der Waals surface area contributed by atoms with Crippen molar-refractivity contribution in [1.82, 2.24) is 4.72 Å². The van der Waals surface area contributed by atoms with Gasteiger partial charge in [0.05, 0.1) is 4.90 Å². The molecule has 2 atom stereocenters. The summed E-state index contributed by atoms with van der Waals surface area (Å²) in [7, 11) is -3.45. The number of sulfonamides is 1. The van der Waals surface area contributed by atoms with E-state index in [0.717, 1.165) is 30.2 Å². The molecule has 0 bridgehead atoms. The molecule has 3 nitrogen and oxygen atoms in total. The summed E-state index contributed by atoms with van der Waals surface area (Å²) in [6, 6.07) is 6.62. The van der Waals surface area contributed by atoms with Crippen LogP contribution in [0.2, 0.25) is 0 Å². The first-order chi connectivity index (χ1) is 9.03. The van der Waals surface area contributed by atoms with E-state index in [0.29, 0.717) is 10.8 Å². The Hall–Kier alpha value is -0.100. The molecule has 0 aliphatic heterocycles. The predicted molar refractivity (Wildman–Crippen MR) is 80.9 cm³/mol. The molecule has 0 saturated heterocycles. The lowest BCUT2D eigenvalue weighted by Crippen LogP contribution is -2.42. The highest BCUT2D eigenvalue weighted by Gasteiger charge is 2.28. The van der Waals surface area contributed by atoms with Crippen molar-refractivity contribution < 1.29 is 8.42 Å². The Balaban J connectivity index is 2.14. The summed E-state index contributed by atoms with van der Waals surface area (Å²) in [6.07, 6.45) is 4.05. The van der Waals surface area contributed by atoms with E-state index in [4.69, 9.17) is 11.6 Å². The van der Waals surface area contributed by atoms with Crippen molar-refractivity contribution in [2.75, 3.05) is 5.88 Å². The maximum absolute atomic E-state index is 12.3. The third-order valence-corrected chi connectivity index (χ3v) is 5.97. The second kappa shape index (κ2) is 6.57. The second-order valence-corrected chi connectivity index (χ2v) is 7.82. The molecule has 1 fully saturated rings. The zero-order chi connectivity index (χ0) is 13.9. The minimum atomic E-state index is -3.45. The standard InChI is InChI=1S/C13H17BrClNO2S/c14-11-5-7-12(8-6-11)19(17,18)16-13-4-2-1-3-10(13)9-15/h5-8,10,13,16H,1-4,9H2. The first-order valence-corrected chi connectivity index (χ1v) is 9.18. The predicted octanol–water partition coefficient (Wildman–Crippen LogP) is 3.53. The van der Waals surface area contributed by atoms with Gasteiger partial charge in [0.25, 0.3) is 0 Å². The summed E-state index contributed by atoms with van der Waals surface area (Å²) in [5, 5.41) is 0. The number of rotatable bonds is 4. The maximum Gasteiger partial charge on any atom is 0.240 e. The van der Waals surface area contributed by atoms with Crippen LogP contribution in [-0.4, -0.2) is 20.3 Å². The molecule has 2 rings (SSSR count). The Morgan fingerprint density at radius 2 is 1.84 bits per heavy atom. The van der Waals surface area contributed by atoms with Crippen LogP contribution in [-0.2, 0) is 10.0 Å². The van der Waals surface area contributed by atoms with E-state index in [1.165, 1.54) is 0 Å². The summed E-state index contributed by atoms with van der Waals surface area (Å²) < 4.78 is 28.3. The van der Waals surface area contributed by atoms with Crippen LogP contribution in [0.15, 0.2) is 33.6 Å². The van der Waals surface area contributed by atoms with Crippen LogP contribution in [0.25, 0.3) is 0 Å². The molecule has 106 valence electrons. The van der Waals surface area contributed by atoms with Crippen molar-refractivity contribution in [3.05, 3.63) is 28.7 Å². The van der Waals surface area contributed by atoms with Gasteiger partial charge in [-0.15, -0.1) is 11.6 Å². The Morgan fingerprint density at radius 1 is 1.21 bits per heavy atom. The molecule has 1 aliphatic rings. The maximum atomic E-state index is 12.3. The third kappa shape index (κ3) is 3.94. The fourth-order valence-corrected chi connectivity index (χ4v) is 4.40. The van der Waals surface area contributed by atoms with Crippen molar-refractivity contribution in [3.8, 4) is 0 Å². The lowest BCUT2D eigenvalue weighted by atomic mass is 9.86. The van der Waals surface area contributed by atoms with Crippen molar-refractivity contribution >= 4 is 37.6 Å². The molecule has 1 N–H and O–H groups in total. The minimum Gasteiger partial charge on any atom is -0.208 e. The summed E-state index contributed by atoms with van der Waals surface area (Å²) >= 11 is 9.23. The van der Waals surface area contributed by atoms with Gasteiger partial charge in [-0.3, -0.25) is 0 Å². The van der Waals surface area contributed by atoms with Gasteiger partial charge in [0.2, 0.25) is 10.0 Å². The Morgan fingerprint density at radius 3 is 2.47 bits per heavy atom. The van der Waals surface area contributed by atoms with Crippen LogP contribution < -0.4 is 4.72 Å². The molecule has 19 heavy (non-hydrogen) atoms. The molecule has 0 aromatic heterocycles. The zero-order valence-electron chi connectivity index (χ0n) is 10.5. The number of hydrogen-bond donors (Lipinski definition) is 1. The first-order valence-electron chi connectivity index (χ1n) is 6.37. The monoisotopic (exact) mass is 365 g/mol. The van der Waals surface area contributed by atoms with Crippen molar-refractivity contribution in [3.63, 3.8) is 0 Å². The molecule has 0 amide bonds. The average Bonchev–Trinajstić information content (AvgIpc) is 2.39. The number of alkyl halides is 1. The molecule has 0 heterocycles. The van der Waals surface area contributed by atoms with E-state index in [9.17, 15) is 8.42 Å². The van der Waals surface area contributed by atoms with Gasteiger partial charge in [-0.1, -0.05) is 28.8 Å². The number of benzene rings is 1. The van der Waals surface area contributed by atoms with Gasteiger partial charge in [-0.05, 0) is 43.0 Å². The van der Waals surface area contributed by atoms with E-state index in [1.807, 2.05) is 0 Å². The molecule has 1 aliphatic carbocycles. The van der Waals surface area contributed by atoms with Crippen LogP contribution in [0, 0.1) is 5.92 Å².